The number of fused-ring (bicyclic) bond motifs is 1. The first kappa shape index (κ1) is 10.8. The molecular weight excluding hydrogens is 322 g/mol. The zero-order chi connectivity index (χ0) is 15.7. The third kappa shape index (κ3) is 2.65. The Morgan fingerprint density at radius 2 is 2.20 bits per heavy atom. The van der Waals surface area contributed by atoms with Crippen LogP contribution in [0.2, 0.25) is 0 Å². The van der Waals surface area contributed by atoms with Gasteiger partial charge in [-0.25, -0.2) is 9.97 Å². The standard InChI is InChI=1S/C14H12BrN3O2/c15-10-2-3-12-11(8-10)14(19)18(6-7-20-12)9-13-16-4-1-5-17-13/h1-5,8H,6-7,9H2/i2D,3D. The Hall–Kier alpha value is -1.95. The fourth-order valence-electron chi connectivity index (χ4n) is 1.95. The summed E-state index contributed by atoms with van der Waals surface area (Å²) in [6, 6.07) is 3.16. The second-order valence-electron chi connectivity index (χ2n) is 4.23. The molecule has 0 fully saturated rings. The van der Waals surface area contributed by atoms with E-state index in [-0.39, 0.29) is 42.5 Å². The lowest BCUT2D eigenvalue weighted by Crippen LogP contribution is -2.32. The average molecular weight is 336 g/mol. The maximum Gasteiger partial charge on any atom is 0.258 e. The predicted molar refractivity (Wildman–Crippen MR) is 76.4 cm³/mol. The molecule has 2 heterocycles. The van der Waals surface area contributed by atoms with Crippen molar-refractivity contribution < 1.29 is 12.3 Å². The van der Waals surface area contributed by atoms with Crippen LogP contribution in [0.25, 0.3) is 0 Å². The number of carbonyl (C=O) groups is 1. The molecule has 1 aromatic heterocycles. The first-order valence-corrected chi connectivity index (χ1v) is 6.85. The van der Waals surface area contributed by atoms with Gasteiger partial charge in [-0.05, 0) is 24.2 Å². The Morgan fingerprint density at radius 1 is 1.40 bits per heavy atom. The minimum Gasteiger partial charge on any atom is -0.491 e. The highest BCUT2D eigenvalue weighted by Crippen LogP contribution is 2.26. The molecule has 0 aliphatic carbocycles. The summed E-state index contributed by atoms with van der Waals surface area (Å²) in [6.45, 7) is 0.907. The highest BCUT2D eigenvalue weighted by atomic mass is 79.9. The Balaban J connectivity index is 1.96. The van der Waals surface area contributed by atoms with Gasteiger partial charge in [-0.2, -0.15) is 0 Å². The van der Waals surface area contributed by atoms with Gasteiger partial charge in [-0.15, -0.1) is 0 Å². The van der Waals surface area contributed by atoms with E-state index in [4.69, 9.17) is 7.48 Å². The van der Waals surface area contributed by atoms with Gasteiger partial charge in [0.25, 0.3) is 5.91 Å². The van der Waals surface area contributed by atoms with Crippen molar-refractivity contribution in [3.8, 4) is 5.75 Å². The van der Waals surface area contributed by atoms with Crippen LogP contribution in [-0.2, 0) is 6.54 Å². The summed E-state index contributed by atoms with van der Waals surface area (Å²) >= 11 is 3.21. The third-order valence-electron chi connectivity index (χ3n) is 2.89. The van der Waals surface area contributed by atoms with Gasteiger partial charge in [0.05, 0.1) is 21.4 Å². The molecule has 1 aliphatic rings. The van der Waals surface area contributed by atoms with E-state index < -0.39 is 0 Å². The lowest BCUT2D eigenvalue weighted by Gasteiger charge is -2.18. The van der Waals surface area contributed by atoms with Crippen molar-refractivity contribution in [1.29, 1.82) is 0 Å². The number of rotatable bonds is 2. The largest absolute Gasteiger partial charge is 0.491 e. The monoisotopic (exact) mass is 335 g/mol. The molecule has 0 saturated carbocycles. The maximum absolute atomic E-state index is 12.7. The number of hydrogen-bond donors (Lipinski definition) is 0. The lowest BCUT2D eigenvalue weighted by atomic mass is 10.2. The number of hydrogen-bond acceptors (Lipinski definition) is 4. The Bertz CT molecular complexity index is 728. The molecule has 0 saturated heterocycles. The molecule has 1 amide bonds. The van der Waals surface area contributed by atoms with Gasteiger partial charge in [-0.3, -0.25) is 4.79 Å². The molecule has 6 heteroatoms. The van der Waals surface area contributed by atoms with Gasteiger partial charge in [-0.1, -0.05) is 15.9 Å². The van der Waals surface area contributed by atoms with Gasteiger partial charge in [0.1, 0.15) is 18.2 Å². The number of aromatic nitrogens is 2. The number of benzene rings is 1. The molecule has 102 valence electrons. The van der Waals surface area contributed by atoms with E-state index in [1.165, 1.54) is 6.07 Å². The van der Waals surface area contributed by atoms with Gasteiger partial charge >= 0.3 is 0 Å². The van der Waals surface area contributed by atoms with Crippen molar-refractivity contribution >= 4 is 21.8 Å². The number of amides is 1. The summed E-state index contributed by atoms with van der Waals surface area (Å²) in [5.74, 6) is 0.449. The normalized spacial score (nSPS) is 15.8. The van der Waals surface area contributed by atoms with Crippen LogP contribution in [0.15, 0.2) is 41.1 Å². The quantitative estimate of drug-likeness (QED) is 0.844. The zero-order valence-electron chi connectivity index (χ0n) is 12.5. The fourth-order valence-corrected chi connectivity index (χ4v) is 2.28. The minimum absolute atomic E-state index is 0.00592. The van der Waals surface area contributed by atoms with Crippen LogP contribution >= 0.6 is 15.9 Å². The Morgan fingerprint density at radius 3 is 3.00 bits per heavy atom. The van der Waals surface area contributed by atoms with E-state index in [0.29, 0.717) is 16.8 Å². The molecule has 0 N–H and O–H groups in total. The molecule has 3 rings (SSSR count). The van der Waals surface area contributed by atoms with Gasteiger partial charge in [0.2, 0.25) is 0 Å². The van der Waals surface area contributed by atoms with Gasteiger partial charge < -0.3 is 9.64 Å². The molecule has 20 heavy (non-hydrogen) atoms. The summed E-state index contributed by atoms with van der Waals surface area (Å²) in [6.07, 6.45) is 3.25. The van der Waals surface area contributed by atoms with Crippen LogP contribution in [-0.4, -0.2) is 33.9 Å². The highest BCUT2D eigenvalue weighted by molar-refractivity contribution is 9.10. The van der Waals surface area contributed by atoms with Crippen LogP contribution in [0.4, 0.5) is 0 Å². The minimum atomic E-state index is -0.255. The first-order valence-electron chi connectivity index (χ1n) is 7.05. The van der Waals surface area contributed by atoms with Crippen LogP contribution in [0.5, 0.6) is 5.75 Å². The zero-order valence-corrected chi connectivity index (χ0v) is 12.1. The van der Waals surface area contributed by atoms with Crippen molar-refractivity contribution in [3.63, 3.8) is 0 Å². The van der Waals surface area contributed by atoms with Crippen LogP contribution in [0.3, 0.4) is 0 Å². The Labute approximate surface area is 127 Å². The van der Waals surface area contributed by atoms with Crippen molar-refractivity contribution in [2.45, 2.75) is 6.54 Å². The summed E-state index contributed by atoms with van der Waals surface area (Å²) in [5, 5.41) is 0. The van der Waals surface area contributed by atoms with E-state index in [2.05, 4.69) is 25.9 Å². The molecular formula is C14H12BrN3O2. The van der Waals surface area contributed by atoms with E-state index in [1.807, 2.05) is 0 Å². The molecule has 0 spiro atoms. The SMILES string of the molecule is [2H]c1c(Br)cc2c(c1[2H])OCCN(Cc1ncccn1)C2=O. The van der Waals surface area contributed by atoms with Crippen LogP contribution < -0.4 is 4.74 Å². The molecule has 0 bridgehead atoms. The molecule has 0 radical (unpaired) electrons. The number of ether oxygens (including phenoxy) is 1. The smallest absolute Gasteiger partial charge is 0.258 e. The number of nitrogens with zero attached hydrogens (tertiary/aromatic N) is 3. The van der Waals surface area contributed by atoms with Crippen molar-refractivity contribution in [1.82, 2.24) is 14.9 Å². The molecule has 0 unspecified atom stereocenters. The molecule has 2 aromatic rings. The van der Waals surface area contributed by atoms with E-state index in [9.17, 15) is 4.79 Å². The summed E-state index contributed by atoms with van der Waals surface area (Å²) in [4.78, 5) is 22.5. The van der Waals surface area contributed by atoms with Crippen molar-refractivity contribution in [2.24, 2.45) is 0 Å². The topological polar surface area (TPSA) is 55.3 Å². The third-order valence-corrected chi connectivity index (χ3v) is 3.32. The second kappa shape index (κ2) is 5.58. The number of halogens is 1. The van der Waals surface area contributed by atoms with E-state index in [0.717, 1.165) is 0 Å². The van der Waals surface area contributed by atoms with E-state index >= 15 is 0 Å². The molecule has 1 aliphatic heterocycles. The van der Waals surface area contributed by atoms with Gasteiger partial charge in [0.15, 0.2) is 0 Å². The summed E-state index contributed by atoms with van der Waals surface area (Å²) in [5.41, 5.74) is 0.279. The first-order chi connectivity index (χ1) is 10.6. The fraction of sp³-hybridized carbons (Fsp3) is 0.214. The van der Waals surface area contributed by atoms with Gasteiger partial charge in [0, 0.05) is 16.9 Å². The van der Waals surface area contributed by atoms with Crippen LogP contribution in [0.1, 0.15) is 18.9 Å². The highest BCUT2D eigenvalue weighted by Gasteiger charge is 2.24. The summed E-state index contributed by atoms with van der Waals surface area (Å²) in [7, 11) is 0. The summed E-state index contributed by atoms with van der Waals surface area (Å²) < 4.78 is 21.7. The number of carbonyl (C=O) groups excluding carboxylic acids is 1. The lowest BCUT2D eigenvalue weighted by molar-refractivity contribution is 0.0738. The van der Waals surface area contributed by atoms with Crippen LogP contribution in [0, 0.1) is 0 Å². The molecule has 0 atom stereocenters. The molecule has 1 aromatic carbocycles. The second-order valence-corrected chi connectivity index (χ2v) is 5.08. The van der Waals surface area contributed by atoms with E-state index in [1.54, 1.807) is 23.4 Å². The Kier molecular flexibility index (Phi) is 3.01. The van der Waals surface area contributed by atoms with Crippen molar-refractivity contribution in [3.05, 3.63) is 52.5 Å². The predicted octanol–water partition coefficient (Wildman–Crippen LogP) is 2.27. The van der Waals surface area contributed by atoms with Crippen molar-refractivity contribution in [2.75, 3.05) is 13.2 Å². The molecule has 5 nitrogen and oxygen atoms in total. The average Bonchev–Trinajstić information content (AvgIpc) is 2.67. The maximum atomic E-state index is 12.7.